The first-order valence-electron chi connectivity index (χ1n) is 9.04. The number of rotatable bonds is 5. The molecule has 0 amide bonds. The summed E-state index contributed by atoms with van der Waals surface area (Å²) >= 11 is 0. The monoisotopic (exact) mass is 366 g/mol. The lowest BCUT2D eigenvalue weighted by molar-refractivity contribution is 0.195. The number of hydrogen-bond donors (Lipinski definition) is 1. The molecule has 8 nitrogen and oxygen atoms in total. The van der Waals surface area contributed by atoms with Crippen LogP contribution in [0.3, 0.4) is 0 Å². The van der Waals surface area contributed by atoms with Gasteiger partial charge in [0.15, 0.2) is 0 Å². The van der Waals surface area contributed by atoms with E-state index in [9.17, 15) is 4.79 Å². The van der Waals surface area contributed by atoms with E-state index in [4.69, 9.17) is 4.74 Å². The lowest BCUT2D eigenvalue weighted by atomic mass is 9.96. The third kappa shape index (κ3) is 3.75. The van der Waals surface area contributed by atoms with Crippen molar-refractivity contribution in [1.29, 1.82) is 0 Å². The highest BCUT2D eigenvalue weighted by atomic mass is 16.5. The molecule has 3 aromatic rings. The van der Waals surface area contributed by atoms with Crippen molar-refractivity contribution in [2.75, 3.05) is 20.2 Å². The number of methoxy groups -OCH3 is 1. The smallest absolute Gasteiger partial charge is 0.347 e. The Labute approximate surface area is 156 Å². The second-order valence-corrected chi connectivity index (χ2v) is 6.71. The molecule has 0 bridgehead atoms. The molecule has 2 aromatic heterocycles. The summed E-state index contributed by atoms with van der Waals surface area (Å²) < 4.78 is 6.70. The fourth-order valence-corrected chi connectivity index (χ4v) is 3.61. The minimum atomic E-state index is -0.197. The first kappa shape index (κ1) is 17.4. The van der Waals surface area contributed by atoms with Gasteiger partial charge in [-0.3, -0.25) is 4.90 Å². The molecule has 0 spiro atoms. The fourth-order valence-electron chi connectivity index (χ4n) is 3.61. The highest BCUT2D eigenvalue weighted by Gasteiger charge is 2.26. The van der Waals surface area contributed by atoms with E-state index in [-0.39, 0.29) is 11.6 Å². The number of benzene rings is 1. The van der Waals surface area contributed by atoms with Crippen LogP contribution in [-0.2, 0) is 6.54 Å². The van der Waals surface area contributed by atoms with Crippen molar-refractivity contribution in [3.8, 4) is 11.7 Å². The molecule has 1 atom stereocenters. The first-order chi connectivity index (χ1) is 13.2. The van der Waals surface area contributed by atoms with E-state index < -0.39 is 0 Å². The van der Waals surface area contributed by atoms with Crippen LogP contribution in [0.2, 0.25) is 0 Å². The van der Waals surface area contributed by atoms with Crippen LogP contribution in [0.15, 0.2) is 47.5 Å². The van der Waals surface area contributed by atoms with Gasteiger partial charge in [0.05, 0.1) is 12.8 Å². The van der Waals surface area contributed by atoms with Crippen molar-refractivity contribution < 1.29 is 4.74 Å². The van der Waals surface area contributed by atoms with Crippen LogP contribution in [0.5, 0.6) is 6.01 Å². The van der Waals surface area contributed by atoms with Crippen LogP contribution in [0.1, 0.15) is 30.1 Å². The average Bonchev–Trinajstić information content (AvgIpc) is 3.11. The lowest BCUT2D eigenvalue weighted by Crippen LogP contribution is -2.35. The van der Waals surface area contributed by atoms with Gasteiger partial charge in [0.2, 0.25) is 0 Å². The molecule has 1 aliphatic heterocycles. The van der Waals surface area contributed by atoms with Gasteiger partial charge >= 0.3 is 11.7 Å². The van der Waals surface area contributed by atoms with Gasteiger partial charge in [-0.25, -0.2) is 24.4 Å². The number of nitrogens with zero attached hydrogens (tertiary/aromatic N) is 5. The first-order valence-corrected chi connectivity index (χ1v) is 9.04. The van der Waals surface area contributed by atoms with Crippen molar-refractivity contribution in [3.05, 3.63) is 64.6 Å². The second-order valence-electron chi connectivity index (χ2n) is 6.71. The predicted octanol–water partition coefficient (Wildman–Crippen LogP) is 1.74. The van der Waals surface area contributed by atoms with E-state index in [1.807, 2.05) is 30.3 Å². The molecule has 140 valence electrons. The zero-order valence-corrected chi connectivity index (χ0v) is 15.2. The van der Waals surface area contributed by atoms with Crippen LogP contribution in [0.4, 0.5) is 0 Å². The number of likely N-dealkylation sites (tertiary alicyclic amines) is 1. The van der Waals surface area contributed by atoms with Gasteiger partial charge in [0, 0.05) is 37.0 Å². The molecule has 1 fully saturated rings. The zero-order chi connectivity index (χ0) is 18.6. The van der Waals surface area contributed by atoms with E-state index in [0.29, 0.717) is 6.01 Å². The maximum absolute atomic E-state index is 12.3. The molecule has 0 aliphatic carbocycles. The fraction of sp³-hybridized carbons (Fsp3) is 0.368. The molecule has 8 heteroatoms. The summed E-state index contributed by atoms with van der Waals surface area (Å²) in [4.78, 5) is 23.0. The summed E-state index contributed by atoms with van der Waals surface area (Å²) in [6, 6.07) is 10.0. The minimum Gasteiger partial charge on any atom is -0.467 e. The van der Waals surface area contributed by atoms with Gasteiger partial charge < -0.3 is 4.74 Å². The van der Waals surface area contributed by atoms with Gasteiger partial charge in [-0.15, -0.1) is 0 Å². The molecule has 1 aliphatic rings. The van der Waals surface area contributed by atoms with E-state index >= 15 is 0 Å². The number of piperidine rings is 1. The third-order valence-electron chi connectivity index (χ3n) is 4.85. The number of para-hydroxylation sites is 1. The van der Waals surface area contributed by atoms with E-state index in [2.05, 4.69) is 25.1 Å². The molecule has 3 heterocycles. The molecule has 27 heavy (non-hydrogen) atoms. The Morgan fingerprint density at radius 2 is 2.00 bits per heavy atom. The summed E-state index contributed by atoms with van der Waals surface area (Å²) in [6.07, 6.45) is 5.65. The van der Waals surface area contributed by atoms with Crippen molar-refractivity contribution in [2.45, 2.75) is 25.3 Å². The average molecular weight is 366 g/mol. The molecule has 4 rings (SSSR count). The van der Waals surface area contributed by atoms with Gasteiger partial charge in [-0.2, -0.15) is 5.10 Å². The quantitative estimate of drug-likeness (QED) is 0.740. The number of nitrogens with one attached hydrogen (secondary N) is 1. The number of hydrogen-bond acceptors (Lipinski definition) is 6. The van der Waals surface area contributed by atoms with Crippen molar-refractivity contribution in [3.63, 3.8) is 0 Å². The predicted molar refractivity (Wildman–Crippen MR) is 100 cm³/mol. The topological polar surface area (TPSA) is 88.9 Å². The van der Waals surface area contributed by atoms with E-state index in [1.165, 1.54) is 0 Å². The van der Waals surface area contributed by atoms with Crippen molar-refractivity contribution in [2.24, 2.45) is 0 Å². The standard InChI is InChI=1S/C19H22N6O2/c1-27-18-20-10-14(11-21-18)12-24-9-5-6-15(13-24)17-22-23-19(26)25(17)16-7-3-2-4-8-16/h2-4,7-8,10-11,15H,5-6,9,12-13H2,1H3,(H,23,26). The normalized spacial score (nSPS) is 17.7. The molecule has 1 N–H and O–H groups in total. The summed E-state index contributed by atoms with van der Waals surface area (Å²) in [5.41, 5.74) is 1.68. The number of H-pyrrole nitrogens is 1. The molecule has 1 saturated heterocycles. The van der Waals surface area contributed by atoms with Crippen LogP contribution < -0.4 is 10.4 Å². The number of aromatic amines is 1. The van der Waals surface area contributed by atoms with Gasteiger partial charge in [-0.1, -0.05) is 18.2 Å². The Kier molecular flexibility index (Phi) is 4.97. The summed E-state index contributed by atoms with van der Waals surface area (Å²) in [5, 5.41) is 6.95. The highest BCUT2D eigenvalue weighted by molar-refractivity contribution is 5.32. The zero-order valence-electron chi connectivity index (χ0n) is 15.2. The highest BCUT2D eigenvalue weighted by Crippen LogP contribution is 2.27. The van der Waals surface area contributed by atoms with Gasteiger partial charge in [0.25, 0.3) is 0 Å². The van der Waals surface area contributed by atoms with Crippen LogP contribution >= 0.6 is 0 Å². The number of aromatic nitrogens is 5. The third-order valence-corrected chi connectivity index (χ3v) is 4.85. The largest absolute Gasteiger partial charge is 0.467 e. The van der Waals surface area contributed by atoms with Crippen LogP contribution in [0.25, 0.3) is 5.69 Å². The van der Waals surface area contributed by atoms with Gasteiger partial charge in [0.1, 0.15) is 5.82 Å². The molecule has 0 saturated carbocycles. The SMILES string of the molecule is COc1ncc(CN2CCCC(c3n[nH]c(=O)n3-c3ccccc3)C2)cn1. The maximum atomic E-state index is 12.3. The van der Waals surface area contributed by atoms with Crippen LogP contribution in [-0.4, -0.2) is 49.8 Å². The summed E-state index contributed by atoms with van der Waals surface area (Å²) in [7, 11) is 1.56. The lowest BCUT2D eigenvalue weighted by Gasteiger charge is -2.32. The Morgan fingerprint density at radius 3 is 2.74 bits per heavy atom. The molecule has 0 radical (unpaired) electrons. The Balaban J connectivity index is 1.53. The van der Waals surface area contributed by atoms with Crippen molar-refractivity contribution in [1.82, 2.24) is 29.6 Å². The summed E-state index contributed by atoms with van der Waals surface area (Å²) in [5.74, 6) is 0.985. The maximum Gasteiger partial charge on any atom is 0.347 e. The second kappa shape index (κ2) is 7.71. The van der Waals surface area contributed by atoms with Crippen molar-refractivity contribution >= 4 is 0 Å². The molecular weight excluding hydrogens is 344 g/mol. The Hall–Kier alpha value is -3.00. The van der Waals surface area contributed by atoms with E-state index in [0.717, 1.165) is 49.6 Å². The minimum absolute atomic E-state index is 0.192. The van der Waals surface area contributed by atoms with Gasteiger partial charge in [-0.05, 0) is 31.5 Å². The number of ether oxygens (including phenoxy) is 1. The summed E-state index contributed by atoms with van der Waals surface area (Å²) in [6.45, 7) is 2.60. The molecule has 1 aromatic carbocycles. The Morgan fingerprint density at radius 1 is 1.22 bits per heavy atom. The van der Waals surface area contributed by atoms with E-state index in [1.54, 1.807) is 24.1 Å². The Bertz CT molecular complexity index is 935. The molecular formula is C19H22N6O2. The molecule has 1 unspecified atom stereocenters. The van der Waals surface area contributed by atoms with Crippen LogP contribution in [0, 0.1) is 0 Å².